The lowest BCUT2D eigenvalue weighted by molar-refractivity contribution is -0.0127. The summed E-state index contributed by atoms with van der Waals surface area (Å²) in [6, 6.07) is 6.54. The lowest BCUT2D eigenvalue weighted by Crippen LogP contribution is -2.44. The standard InChI is InChI=1S/C17H23NO3/c1-3-16-13-21-10-8-18(16)12-14-6-7-17(20-2)15(11-14)5-4-9-19/h6-7,11,16,19H,3,8-10,12-13H2,1-2H3. The molecule has 0 spiro atoms. The number of hydrogen-bond donors (Lipinski definition) is 1. The zero-order valence-electron chi connectivity index (χ0n) is 12.8. The SMILES string of the molecule is CCC1COCCN1Cc1ccc(OC)c(C#CCO)c1. The number of methoxy groups -OCH3 is 1. The predicted octanol–water partition coefficient (Wildman–Crippen LogP) is 1.65. The lowest BCUT2D eigenvalue weighted by Gasteiger charge is -2.35. The molecule has 1 aliphatic heterocycles. The van der Waals surface area contributed by atoms with Crippen molar-refractivity contribution in [2.24, 2.45) is 0 Å². The molecule has 0 radical (unpaired) electrons. The van der Waals surface area contributed by atoms with Crippen LogP contribution in [0.25, 0.3) is 0 Å². The second-order valence-electron chi connectivity index (χ2n) is 5.10. The molecule has 0 aromatic heterocycles. The largest absolute Gasteiger partial charge is 0.495 e. The zero-order valence-corrected chi connectivity index (χ0v) is 12.8. The van der Waals surface area contributed by atoms with E-state index < -0.39 is 0 Å². The Labute approximate surface area is 126 Å². The highest BCUT2D eigenvalue weighted by Crippen LogP contribution is 2.21. The van der Waals surface area contributed by atoms with Gasteiger partial charge in [0.15, 0.2) is 0 Å². The van der Waals surface area contributed by atoms with E-state index in [1.54, 1.807) is 7.11 Å². The van der Waals surface area contributed by atoms with Crippen LogP contribution in [0.2, 0.25) is 0 Å². The van der Waals surface area contributed by atoms with Gasteiger partial charge in [-0.1, -0.05) is 24.8 Å². The van der Waals surface area contributed by atoms with Crippen LogP contribution in [-0.4, -0.2) is 49.5 Å². The maximum atomic E-state index is 8.85. The van der Waals surface area contributed by atoms with E-state index in [9.17, 15) is 0 Å². The zero-order chi connectivity index (χ0) is 15.1. The normalized spacial score (nSPS) is 18.9. The van der Waals surface area contributed by atoms with Crippen LogP contribution in [0, 0.1) is 11.8 Å². The fraction of sp³-hybridized carbons (Fsp3) is 0.529. The summed E-state index contributed by atoms with van der Waals surface area (Å²) < 4.78 is 10.9. The van der Waals surface area contributed by atoms with Crippen molar-refractivity contribution in [1.82, 2.24) is 4.90 Å². The molecule has 0 bridgehead atoms. The van der Waals surface area contributed by atoms with Gasteiger partial charge in [0.2, 0.25) is 0 Å². The third-order valence-corrected chi connectivity index (χ3v) is 3.77. The summed E-state index contributed by atoms with van der Waals surface area (Å²) in [5.74, 6) is 6.37. The molecule has 114 valence electrons. The van der Waals surface area contributed by atoms with Gasteiger partial charge in [0.1, 0.15) is 12.4 Å². The van der Waals surface area contributed by atoms with Crippen molar-refractivity contribution < 1.29 is 14.6 Å². The molecule has 1 N–H and O–H groups in total. The van der Waals surface area contributed by atoms with Crippen LogP contribution >= 0.6 is 0 Å². The Hall–Kier alpha value is -1.54. The second-order valence-corrected chi connectivity index (χ2v) is 5.10. The van der Waals surface area contributed by atoms with Gasteiger partial charge in [0.25, 0.3) is 0 Å². The first-order valence-electron chi connectivity index (χ1n) is 7.37. The summed E-state index contributed by atoms with van der Waals surface area (Å²) in [7, 11) is 1.63. The highest BCUT2D eigenvalue weighted by atomic mass is 16.5. The highest BCUT2D eigenvalue weighted by Gasteiger charge is 2.21. The van der Waals surface area contributed by atoms with Crippen LogP contribution in [0.15, 0.2) is 18.2 Å². The van der Waals surface area contributed by atoms with Crippen LogP contribution in [-0.2, 0) is 11.3 Å². The summed E-state index contributed by atoms with van der Waals surface area (Å²) in [5, 5.41) is 8.85. The molecule has 1 fully saturated rings. The van der Waals surface area contributed by atoms with Crippen molar-refractivity contribution in [1.29, 1.82) is 0 Å². The number of rotatable bonds is 4. The molecule has 0 saturated carbocycles. The molecule has 1 aromatic carbocycles. The van der Waals surface area contributed by atoms with Crippen molar-refractivity contribution >= 4 is 0 Å². The van der Waals surface area contributed by atoms with Gasteiger partial charge < -0.3 is 14.6 Å². The minimum Gasteiger partial charge on any atom is -0.495 e. The third kappa shape index (κ3) is 4.21. The van der Waals surface area contributed by atoms with Gasteiger partial charge in [-0.05, 0) is 24.1 Å². The fourth-order valence-electron chi connectivity index (χ4n) is 2.59. The Bertz CT molecular complexity index is 519. The first-order chi connectivity index (χ1) is 10.3. The Kier molecular flexibility index (Phi) is 6.06. The fourth-order valence-corrected chi connectivity index (χ4v) is 2.59. The van der Waals surface area contributed by atoms with E-state index in [2.05, 4.69) is 29.7 Å². The number of aliphatic hydroxyl groups is 1. The Balaban J connectivity index is 2.16. The molecule has 1 aliphatic rings. The number of aliphatic hydroxyl groups excluding tert-OH is 1. The molecule has 1 aromatic rings. The van der Waals surface area contributed by atoms with E-state index in [0.29, 0.717) is 6.04 Å². The molecule has 1 saturated heterocycles. The van der Waals surface area contributed by atoms with Crippen LogP contribution in [0.3, 0.4) is 0 Å². The smallest absolute Gasteiger partial charge is 0.134 e. The Morgan fingerprint density at radius 1 is 1.48 bits per heavy atom. The summed E-state index contributed by atoms with van der Waals surface area (Å²) in [6.07, 6.45) is 1.09. The van der Waals surface area contributed by atoms with Gasteiger partial charge in [-0.3, -0.25) is 4.90 Å². The summed E-state index contributed by atoms with van der Waals surface area (Å²) in [4.78, 5) is 2.45. The molecule has 4 heteroatoms. The topological polar surface area (TPSA) is 41.9 Å². The molecule has 1 atom stereocenters. The molecule has 0 aliphatic carbocycles. The minimum absolute atomic E-state index is 0.144. The van der Waals surface area contributed by atoms with Crippen LogP contribution in [0.4, 0.5) is 0 Å². The van der Waals surface area contributed by atoms with Crippen LogP contribution in [0.5, 0.6) is 5.75 Å². The van der Waals surface area contributed by atoms with Crippen molar-refractivity contribution in [2.45, 2.75) is 25.9 Å². The third-order valence-electron chi connectivity index (χ3n) is 3.77. The predicted molar refractivity (Wildman–Crippen MR) is 82.3 cm³/mol. The van der Waals surface area contributed by atoms with Crippen LogP contribution < -0.4 is 4.74 Å². The molecule has 21 heavy (non-hydrogen) atoms. The molecule has 1 unspecified atom stereocenters. The lowest BCUT2D eigenvalue weighted by atomic mass is 10.1. The van der Waals surface area contributed by atoms with Gasteiger partial charge in [-0.25, -0.2) is 0 Å². The van der Waals surface area contributed by atoms with Gasteiger partial charge in [-0.2, -0.15) is 0 Å². The monoisotopic (exact) mass is 289 g/mol. The average Bonchev–Trinajstić information content (AvgIpc) is 2.53. The summed E-state index contributed by atoms with van der Waals surface area (Å²) in [6.45, 7) is 5.50. The van der Waals surface area contributed by atoms with Crippen molar-refractivity contribution in [3.05, 3.63) is 29.3 Å². The molecule has 0 amide bonds. The summed E-state index contributed by atoms with van der Waals surface area (Å²) >= 11 is 0. The minimum atomic E-state index is -0.144. The second kappa shape index (κ2) is 8.04. The van der Waals surface area contributed by atoms with Gasteiger partial charge in [0.05, 0.1) is 25.9 Å². The molecular formula is C17H23NO3. The molecule has 1 heterocycles. The molecular weight excluding hydrogens is 266 g/mol. The van der Waals surface area contributed by atoms with E-state index in [1.165, 1.54) is 5.56 Å². The first-order valence-corrected chi connectivity index (χ1v) is 7.37. The van der Waals surface area contributed by atoms with E-state index in [0.717, 1.165) is 44.0 Å². The summed E-state index contributed by atoms with van der Waals surface area (Å²) in [5.41, 5.74) is 2.03. The van der Waals surface area contributed by atoms with E-state index in [-0.39, 0.29) is 6.61 Å². The average molecular weight is 289 g/mol. The number of morpholine rings is 1. The van der Waals surface area contributed by atoms with Crippen molar-refractivity contribution in [2.75, 3.05) is 33.5 Å². The maximum absolute atomic E-state index is 8.85. The number of ether oxygens (including phenoxy) is 2. The van der Waals surface area contributed by atoms with Crippen LogP contribution in [0.1, 0.15) is 24.5 Å². The van der Waals surface area contributed by atoms with Crippen molar-refractivity contribution in [3.63, 3.8) is 0 Å². The van der Waals surface area contributed by atoms with Crippen molar-refractivity contribution in [3.8, 4) is 17.6 Å². The number of nitrogens with zero attached hydrogens (tertiary/aromatic N) is 1. The van der Waals surface area contributed by atoms with E-state index in [4.69, 9.17) is 14.6 Å². The van der Waals surface area contributed by atoms with Gasteiger partial charge >= 0.3 is 0 Å². The molecule has 4 nitrogen and oxygen atoms in total. The first kappa shape index (κ1) is 15.8. The van der Waals surface area contributed by atoms with E-state index in [1.807, 2.05) is 12.1 Å². The number of hydrogen-bond acceptors (Lipinski definition) is 4. The Morgan fingerprint density at radius 3 is 3.05 bits per heavy atom. The maximum Gasteiger partial charge on any atom is 0.134 e. The number of benzene rings is 1. The Morgan fingerprint density at radius 2 is 2.33 bits per heavy atom. The van der Waals surface area contributed by atoms with Gasteiger partial charge in [-0.15, -0.1) is 0 Å². The quantitative estimate of drug-likeness (QED) is 0.856. The van der Waals surface area contributed by atoms with Gasteiger partial charge in [0, 0.05) is 19.1 Å². The molecule has 2 rings (SSSR count). The van der Waals surface area contributed by atoms with E-state index >= 15 is 0 Å². The highest BCUT2D eigenvalue weighted by molar-refractivity contribution is 5.48.